The molecule has 3 aromatic rings. The first-order valence-electron chi connectivity index (χ1n) is 11.8. The molecule has 2 heterocycles. The van der Waals surface area contributed by atoms with Gasteiger partial charge in [-0.05, 0) is 69.3 Å². The number of H-pyrrole nitrogens is 1. The highest BCUT2D eigenvalue weighted by Gasteiger charge is 2.28. The average Bonchev–Trinajstić information content (AvgIpc) is 3.28. The van der Waals surface area contributed by atoms with Crippen molar-refractivity contribution in [1.29, 1.82) is 0 Å². The second-order valence-electron chi connectivity index (χ2n) is 8.52. The third-order valence-electron chi connectivity index (χ3n) is 6.30. The third kappa shape index (κ3) is 5.54. The number of nitrogens with one attached hydrogen (secondary N) is 2. The van der Waals surface area contributed by atoms with E-state index in [1.807, 2.05) is 43.3 Å². The van der Waals surface area contributed by atoms with Crippen LogP contribution >= 0.6 is 11.6 Å². The quantitative estimate of drug-likeness (QED) is 0.468. The minimum Gasteiger partial charge on any atom is -0.494 e. The highest BCUT2D eigenvalue weighted by Crippen LogP contribution is 2.24. The van der Waals surface area contributed by atoms with E-state index in [9.17, 15) is 9.59 Å². The summed E-state index contributed by atoms with van der Waals surface area (Å²) in [6.07, 6.45) is 2.13. The number of likely N-dealkylation sites (N-methyl/N-ethyl adjacent to an activating group) is 1. The Morgan fingerprint density at radius 1 is 1.24 bits per heavy atom. The molecule has 0 bridgehead atoms. The van der Waals surface area contributed by atoms with Crippen LogP contribution in [0.1, 0.15) is 32.3 Å². The maximum Gasteiger partial charge on any atom is 0.322 e. The normalized spacial score (nSPS) is 16.0. The number of hydrogen-bond donors (Lipinski definition) is 2. The van der Waals surface area contributed by atoms with Crippen molar-refractivity contribution in [2.45, 2.75) is 39.3 Å². The number of carbonyl (C=O) groups excluding carboxylic acids is 1. The van der Waals surface area contributed by atoms with E-state index in [-0.39, 0.29) is 24.2 Å². The summed E-state index contributed by atoms with van der Waals surface area (Å²) in [6.45, 7) is 7.30. The van der Waals surface area contributed by atoms with Crippen LogP contribution in [0.4, 0.5) is 10.5 Å². The molecule has 0 saturated carbocycles. The lowest BCUT2D eigenvalue weighted by molar-refractivity contribution is 0.174. The standard InChI is InChI=1S/C26H31ClN4O3/c1-3-30-13-7-8-20(30)17-31(26(33)29-24-10-6-5-9-22(24)27)16-19-14-18-15-21(34-4-2)11-12-23(18)28-25(19)32/h5-6,9-12,14-15,20H,3-4,7-8,13,16-17H2,1-2H3,(H,28,32)(H,29,33)/t20-/m1/s1. The molecule has 34 heavy (non-hydrogen) atoms. The zero-order valence-corrected chi connectivity index (χ0v) is 20.4. The van der Waals surface area contributed by atoms with Crippen molar-refractivity contribution in [3.63, 3.8) is 0 Å². The average molecular weight is 483 g/mol. The van der Waals surface area contributed by atoms with Gasteiger partial charge in [-0.1, -0.05) is 30.7 Å². The summed E-state index contributed by atoms with van der Waals surface area (Å²) in [4.78, 5) is 33.3. The molecule has 7 nitrogen and oxygen atoms in total. The van der Waals surface area contributed by atoms with E-state index in [4.69, 9.17) is 16.3 Å². The van der Waals surface area contributed by atoms with Gasteiger partial charge in [-0.15, -0.1) is 0 Å². The Hall–Kier alpha value is -3.03. The molecule has 1 atom stereocenters. The molecule has 2 amide bonds. The number of fused-ring (bicyclic) bond motifs is 1. The summed E-state index contributed by atoms with van der Waals surface area (Å²) in [7, 11) is 0. The molecule has 1 saturated heterocycles. The Morgan fingerprint density at radius 2 is 2.06 bits per heavy atom. The molecule has 0 unspecified atom stereocenters. The third-order valence-corrected chi connectivity index (χ3v) is 6.63. The number of aromatic nitrogens is 1. The van der Waals surface area contributed by atoms with Gasteiger partial charge in [0.05, 0.1) is 23.9 Å². The van der Waals surface area contributed by atoms with Crippen LogP contribution in [0.3, 0.4) is 0 Å². The fourth-order valence-electron chi connectivity index (χ4n) is 4.56. The number of rotatable bonds is 8. The van der Waals surface area contributed by atoms with Crippen LogP contribution in [0.2, 0.25) is 5.02 Å². The van der Waals surface area contributed by atoms with Crippen molar-refractivity contribution in [3.8, 4) is 5.75 Å². The first kappa shape index (κ1) is 24.1. The van der Waals surface area contributed by atoms with Crippen molar-refractivity contribution >= 4 is 34.2 Å². The number of halogens is 1. The van der Waals surface area contributed by atoms with E-state index in [2.05, 4.69) is 22.1 Å². The molecule has 180 valence electrons. The molecule has 2 N–H and O–H groups in total. The number of anilines is 1. The Morgan fingerprint density at radius 3 is 2.82 bits per heavy atom. The lowest BCUT2D eigenvalue weighted by atomic mass is 10.1. The Balaban J connectivity index is 1.63. The molecule has 8 heteroatoms. The maximum atomic E-state index is 13.4. The van der Waals surface area contributed by atoms with Crippen molar-refractivity contribution in [3.05, 3.63) is 69.5 Å². The lowest BCUT2D eigenvalue weighted by Crippen LogP contribution is -2.45. The number of urea groups is 1. The molecule has 0 aliphatic carbocycles. The van der Waals surface area contributed by atoms with Gasteiger partial charge in [0.25, 0.3) is 5.56 Å². The van der Waals surface area contributed by atoms with E-state index in [0.29, 0.717) is 29.4 Å². The van der Waals surface area contributed by atoms with Gasteiger partial charge in [0.15, 0.2) is 0 Å². The molecule has 4 rings (SSSR count). The molecule has 0 radical (unpaired) electrons. The van der Waals surface area contributed by atoms with Crippen LogP contribution < -0.4 is 15.6 Å². The molecule has 1 aliphatic rings. The number of hydrogen-bond acceptors (Lipinski definition) is 4. The minimum absolute atomic E-state index is 0.189. The smallest absolute Gasteiger partial charge is 0.322 e. The number of benzene rings is 2. The van der Waals surface area contributed by atoms with Gasteiger partial charge in [0, 0.05) is 29.1 Å². The van der Waals surface area contributed by atoms with E-state index in [1.54, 1.807) is 17.0 Å². The largest absolute Gasteiger partial charge is 0.494 e. The SMILES string of the molecule is CCOc1ccc2[nH]c(=O)c(CN(C[C@H]3CCCN3CC)C(=O)Nc3ccccc3Cl)cc2c1. The number of aromatic amines is 1. The Kier molecular flexibility index (Phi) is 7.75. The Bertz CT molecular complexity index is 1210. The van der Waals surface area contributed by atoms with Crippen LogP contribution in [-0.2, 0) is 6.54 Å². The van der Waals surface area contributed by atoms with E-state index >= 15 is 0 Å². The zero-order valence-electron chi connectivity index (χ0n) is 19.6. The van der Waals surface area contributed by atoms with Gasteiger partial charge in [-0.2, -0.15) is 0 Å². The number of para-hydroxylation sites is 1. The summed E-state index contributed by atoms with van der Waals surface area (Å²) in [6, 6.07) is 14.6. The number of nitrogens with zero attached hydrogens (tertiary/aromatic N) is 2. The molecule has 2 aromatic carbocycles. The van der Waals surface area contributed by atoms with Crippen molar-refractivity contribution in [1.82, 2.24) is 14.8 Å². The summed E-state index contributed by atoms with van der Waals surface area (Å²) in [5, 5.41) is 4.26. The van der Waals surface area contributed by atoms with Crippen LogP contribution in [0.15, 0.2) is 53.3 Å². The fraction of sp³-hybridized carbons (Fsp3) is 0.385. The number of likely N-dealkylation sites (tertiary alicyclic amines) is 1. The van der Waals surface area contributed by atoms with E-state index in [1.165, 1.54) is 0 Å². The van der Waals surface area contributed by atoms with Gasteiger partial charge in [-0.3, -0.25) is 9.69 Å². The molecule has 0 spiro atoms. The molecular formula is C26H31ClN4O3. The van der Waals surface area contributed by atoms with Crippen LogP contribution in [0.25, 0.3) is 10.9 Å². The number of amides is 2. The maximum absolute atomic E-state index is 13.4. The van der Waals surface area contributed by atoms with Gasteiger partial charge >= 0.3 is 6.03 Å². The predicted molar refractivity (Wildman–Crippen MR) is 137 cm³/mol. The second kappa shape index (κ2) is 10.9. The highest BCUT2D eigenvalue weighted by molar-refractivity contribution is 6.33. The first-order chi connectivity index (χ1) is 16.5. The second-order valence-corrected chi connectivity index (χ2v) is 8.93. The number of ether oxygens (including phenoxy) is 1. The molecule has 1 aromatic heterocycles. The molecule has 1 aliphatic heterocycles. The summed E-state index contributed by atoms with van der Waals surface area (Å²) < 4.78 is 5.61. The number of carbonyl (C=O) groups is 1. The lowest BCUT2D eigenvalue weighted by Gasteiger charge is -2.30. The highest BCUT2D eigenvalue weighted by atomic mass is 35.5. The fourth-order valence-corrected chi connectivity index (χ4v) is 4.74. The van der Waals surface area contributed by atoms with E-state index in [0.717, 1.165) is 42.6 Å². The van der Waals surface area contributed by atoms with Crippen LogP contribution in [-0.4, -0.2) is 53.1 Å². The van der Waals surface area contributed by atoms with Gasteiger partial charge in [0.1, 0.15) is 5.75 Å². The van der Waals surface area contributed by atoms with Gasteiger partial charge < -0.3 is 19.9 Å². The molecule has 1 fully saturated rings. The Labute approximate surface area is 204 Å². The van der Waals surface area contributed by atoms with Gasteiger partial charge in [0.2, 0.25) is 0 Å². The zero-order chi connectivity index (χ0) is 24.1. The van der Waals surface area contributed by atoms with Crippen molar-refractivity contribution in [2.75, 3.05) is 31.6 Å². The topological polar surface area (TPSA) is 77.7 Å². The summed E-state index contributed by atoms with van der Waals surface area (Å²) in [5.74, 6) is 0.742. The molecular weight excluding hydrogens is 452 g/mol. The van der Waals surface area contributed by atoms with Gasteiger partial charge in [-0.25, -0.2) is 4.79 Å². The minimum atomic E-state index is -0.279. The monoisotopic (exact) mass is 482 g/mol. The van der Waals surface area contributed by atoms with Crippen molar-refractivity contribution in [2.24, 2.45) is 0 Å². The summed E-state index contributed by atoms with van der Waals surface area (Å²) >= 11 is 6.27. The van der Waals surface area contributed by atoms with E-state index < -0.39 is 0 Å². The predicted octanol–water partition coefficient (Wildman–Crippen LogP) is 5.10. The summed E-state index contributed by atoms with van der Waals surface area (Å²) in [5.41, 5.74) is 1.60. The van der Waals surface area contributed by atoms with Crippen LogP contribution in [0.5, 0.6) is 5.75 Å². The van der Waals surface area contributed by atoms with Crippen molar-refractivity contribution < 1.29 is 9.53 Å². The number of pyridine rings is 1. The van der Waals surface area contributed by atoms with Crippen LogP contribution in [0, 0.1) is 0 Å². The first-order valence-corrected chi connectivity index (χ1v) is 12.2.